The first kappa shape index (κ1) is 11.0. The van der Waals surface area contributed by atoms with Gasteiger partial charge in [0.15, 0.2) is 0 Å². The lowest BCUT2D eigenvalue weighted by molar-refractivity contribution is -0.132. The fourth-order valence-electron chi connectivity index (χ4n) is 1.46. The number of imide groups is 1. The minimum Gasteiger partial charge on any atom is -0.447 e. The number of carbonyl (C=O) groups is 2. The fraction of sp³-hybridized carbons (Fsp3) is 0.800. The lowest BCUT2D eigenvalue weighted by Gasteiger charge is -2.23. The van der Waals surface area contributed by atoms with E-state index in [2.05, 4.69) is 0 Å². The third kappa shape index (κ3) is 1.89. The highest BCUT2D eigenvalue weighted by atomic mass is 16.6. The van der Waals surface area contributed by atoms with Crippen LogP contribution in [0.15, 0.2) is 0 Å². The molecule has 14 heavy (non-hydrogen) atoms. The third-order valence-corrected chi connectivity index (χ3v) is 2.41. The third-order valence-electron chi connectivity index (χ3n) is 2.41. The van der Waals surface area contributed by atoms with Crippen molar-refractivity contribution in [1.82, 2.24) is 4.90 Å². The average molecular weight is 200 g/mol. The molecule has 0 radical (unpaired) electrons. The molecule has 1 aliphatic rings. The van der Waals surface area contributed by atoms with E-state index in [4.69, 9.17) is 4.74 Å². The van der Waals surface area contributed by atoms with Crippen molar-refractivity contribution >= 4 is 12.0 Å². The maximum atomic E-state index is 11.7. The van der Waals surface area contributed by atoms with Crippen LogP contribution in [0.25, 0.3) is 0 Å². The summed E-state index contributed by atoms with van der Waals surface area (Å²) >= 11 is 0. The minimum absolute atomic E-state index is 0.0996. The molecule has 0 bridgehead atoms. The van der Waals surface area contributed by atoms with Gasteiger partial charge in [-0.25, -0.2) is 9.69 Å². The van der Waals surface area contributed by atoms with Crippen LogP contribution in [0.3, 0.4) is 0 Å². The molecular formula is C10H17NO3. The zero-order chi connectivity index (χ0) is 10.9. The van der Waals surface area contributed by atoms with Gasteiger partial charge in [0.1, 0.15) is 6.61 Å². The summed E-state index contributed by atoms with van der Waals surface area (Å²) in [6.07, 6.45) is -0.498. The van der Waals surface area contributed by atoms with Crippen molar-refractivity contribution in [2.75, 3.05) is 6.61 Å². The Hall–Kier alpha value is -1.06. The number of nitrogens with zero attached hydrogens (tertiary/aromatic N) is 1. The van der Waals surface area contributed by atoms with Crippen molar-refractivity contribution in [3.05, 3.63) is 0 Å². The second kappa shape index (κ2) is 3.98. The van der Waals surface area contributed by atoms with E-state index in [9.17, 15) is 9.59 Å². The molecule has 0 aromatic rings. The van der Waals surface area contributed by atoms with E-state index in [1.165, 1.54) is 4.90 Å². The van der Waals surface area contributed by atoms with Crippen LogP contribution in [-0.2, 0) is 9.53 Å². The summed E-state index contributed by atoms with van der Waals surface area (Å²) < 4.78 is 4.88. The maximum absolute atomic E-state index is 11.7. The van der Waals surface area contributed by atoms with Crippen molar-refractivity contribution in [3.63, 3.8) is 0 Å². The number of ether oxygens (including phenoxy) is 1. The average Bonchev–Trinajstić information content (AvgIpc) is 2.45. The quantitative estimate of drug-likeness (QED) is 0.637. The van der Waals surface area contributed by atoms with Gasteiger partial charge in [0.05, 0.1) is 6.04 Å². The van der Waals surface area contributed by atoms with Crippen molar-refractivity contribution < 1.29 is 14.3 Å². The van der Waals surface area contributed by atoms with Crippen LogP contribution in [0.5, 0.6) is 0 Å². The van der Waals surface area contributed by atoms with E-state index in [1.807, 2.05) is 13.8 Å². The van der Waals surface area contributed by atoms with Gasteiger partial charge in [-0.1, -0.05) is 27.7 Å². The van der Waals surface area contributed by atoms with Gasteiger partial charge in [-0.05, 0) is 5.92 Å². The number of rotatable bonds is 2. The number of amides is 2. The smallest absolute Gasteiger partial charge is 0.416 e. The molecule has 0 N–H and O–H groups in total. The molecule has 1 fully saturated rings. The lowest BCUT2D eigenvalue weighted by atomic mass is 10.0. The van der Waals surface area contributed by atoms with Crippen molar-refractivity contribution in [1.29, 1.82) is 0 Å². The van der Waals surface area contributed by atoms with Crippen LogP contribution in [-0.4, -0.2) is 29.5 Å². The number of cyclic esters (lactones) is 1. The molecule has 0 aromatic heterocycles. The molecule has 4 nitrogen and oxygen atoms in total. The van der Waals surface area contributed by atoms with Crippen LogP contribution in [0.2, 0.25) is 0 Å². The Morgan fingerprint density at radius 3 is 2.43 bits per heavy atom. The molecule has 80 valence electrons. The molecule has 4 heteroatoms. The van der Waals surface area contributed by atoms with E-state index in [1.54, 1.807) is 13.8 Å². The van der Waals surface area contributed by atoms with E-state index in [0.717, 1.165) is 0 Å². The van der Waals surface area contributed by atoms with Gasteiger partial charge in [0, 0.05) is 5.92 Å². The molecule has 0 unspecified atom stereocenters. The molecular weight excluding hydrogens is 183 g/mol. The standard InChI is InChI=1S/C10H17NO3/c1-6(2)8-5-14-10(13)11(8)9(12)7(3)4/h6-8H,5H2,1-4H3/t8-/m1/s1/i3+1/t7-,8-. The Labute approximate surface area is 84.2 Å². The number of carbonyl (C=O) groups excluding carboxylic acids is 2. The van der Waals surface area contributed by atoms with Crippen LogP contribution in [0.4, 0.5) is 4.79 Å². The zero-order valence-electron chi connectivity index (χ0n) is 9.11. The molecule has 1 rings (SSSR count). The molecule has 0 spiro atoms. The first-order valence-electron chi connectivity index (χ1n) is 4.95. The Bertz CT molecular complexity index is 248. The summed E-state index contributed by atoms with van der Waals surface area (Å²) in [5.41, 5.74) is 0. The highest BCUT2D eigenvalue weighted by Crippen LogP contribution is 2.21. The summed E-state index contributed by atoms with van der Waals surface area (Å²) in [7, 11) is 0. The van der Waals surface area contributed by atoms with Gasteiger partial charge in [-0.3, -0.25) is 4.79 Å². The number of hydrogen-bond acceptors (Lipinski definition) is 3. The summed E-state index contributed by atoms with van der Waals surface area (Å²) in [6.45, 7) is 7.85. The Morgan fingerprint density at radius 2 is 2.00 bits per heavy atom. The van der Waals surface area contributed by atoms with Crippen LogP contribution < -0.4 is 0 Å². The van der Waals surface area contributed by atoms with Crippen LogP contribution >= 0.6 is 0 Å². The van der Waals surface area contributed by atoms with Crippen molar-refractivity contribution in [2.24, 2.45) is 11.8 Å². The van der Waals surface area contributed by atoms with Crippen LogP contribution in [0.1, 0.15) is 27.7 Å². The Balaban J connectivity index is 2.82. The van der Waals surface area contributed by atoms with Gasteiger partial charge in [0.25, 0.3) is 0 Å². The van der Waals surface area contributed by atoms with Crippen molar-refractivity contribution in [2.45, 2.75) is 33.7 Å². The molecule has 1 saturated heterocycles. The largest absolute Gasteiger partial charge is 0.447 e. The summed E-state index contributed by atoms with van der Waals surface area (Å²) in [6, 6.07) is -0.0996. The SMILES string of the molecule is CC(C)[C@H]1COC(=O)N1C(=O)[C@@H](C)[13CH3]. The predicted molar refractivity (Wildman–Crippen MR) is 51.7 cm³/mol. The number of hydrogen-bond donors (Lipinski definition) is 0. The van der Waals surface area contributed by atoms with Crippen LogP contribution in [0, 0.1) is 11.8 Å². The second-order valence-electron chi connectivity index (χ2n) is 4.25. The van der Waals surface area contributed by atoms with Gasteiger partial charge < -0.3 is 4.74 Å². The monoisotopic (exact) mass is 200 g/mol. The predicted octanol–water partition coefficient (Wildman–Crippen LogP) is 1.65. The van der Waals surface area contributed by atoms with E-state index in [0.29, 0.717) is 6.61 Å². The normalized spacial score (nSPS) is 23.9. The first-order chi connectivity index (χ1) is 6.45. The first-order valence-corrected chi connectivity index (χ1v) is 4.95. The topological polar surface area (TPSA) is 46.6 Å². The molecule has 1 heterocycles. The lowest BCUT2D eigenvalue weighted by Crippen LogP contribution is -2.43. The summed E-state index contributed by atoms with van der Waals surface area (Å²) in [5, 5.41) is 0. The maximum Gasteiger partial charge on any atom is 0.416 e. The summed E-state index contributed by atoms with van der Waals surface area (Å²) in [4.78, 5) is 24.3. The van der Waals surface area contributed by atoms with E-state index < -0.39 is 6.09 Å². The Morgan fingerprint density at radius 1 is 1.43 bits per heavy atom. The highest BCUT2D eigenvalue weighted by molar-refractivity contribution is 5.94. The fourth-order valence-corrected chi connectivity index (χ4v) is 1.46. The van der Waals surface area contributed by atoms with Gasteiger partial charge in [0.2, 0.25) is 5.91 Å². The minimum atomic E-state index is -0.498. The molecule has 2 atom stereocenters. The Kier molecular flexibility index (Phi) is 3.13. The summed E-state index contributed by atoms with van der Waals surface area (Å²) in [5.74, 6) is -0.0720. The van der Waals surface area contributed by atoms with Gasteiger partial charge in [-0.15, -0.1) is 0 Å². The molecule has 0 aromatic carbocycles. The molecule has 0 saturated carbocycles. The second-order valence-corrected chi connectivity index (χ2v) is 4.25. The van der Waals surface area contributed by atoms with Crippen molar-refractivity contribution in [3.8, 4) is 0 Å². The van der Waals surface area contributed by atoms with Gasteiger partial charge in [-0.2, -0.15) is 0 Å². The zero-order valence-corrected chi connectivity index (χ0v) is 9.11. The molecule has 1 aliphatic heterocycles. The van der Waals surface area contributed by atoms with E-state index in [-0.39, 0.29) is 23.8 Å². The van der Waals surface area contributed by atoms with Gasteiger partial charge >= 0.3 is 6.09 Å². The molecule has 2 amide bonds. The molecule has 0 aliphatic carbocycles. The van der Waals surface area contributed by atoms with E-state index >= 15 is 0 Å². The highest BCUT2D eigenvalue weighted by Gasteiger charge is 2.40.